The SMILES string of the molecule is COc1cc(OC(C)C)ccc1C(O)(C(N)=O)c1ccccc1. The molecule has 23 heavy (non-hydrogen) atoms. The molecule has 1 unspecified atom stereocenters. The Bertz CT molecular complexity index is 685. The minimum atomic E-state index is -1.98. The van der Waals surface area contributed by atoms with E-state index < -0.39 is 11.5 Å². The number of nitrogens with two attached hydrogens (primary N) is 1. The zero-order valence-electron chi connectivity index (χ0n) is 13.4. The summed E-state index contributed by atoms with van der Waals surface area (Å²) in [4.78, 5) is 12.0. The molecular weight excluding hydrogens is 294 g/mol. The highest BCUT2D eigenvalue weighted by molar-refractivity contribution is 5.89. The molecule has 0 saturated carbocycles. The summed E-state index contributed by atoms with van der Waals surface area (Å²) in [7, 11) is 1.46. The maximum Gasteiger partial charge on any atom is 0.258 e. The summed E-state index contributed by atoms with van der Waals surface area (Å²) in [6, 6.07) is 13.4. The van der Waals surface area contributed by atoms with Crippen LogP contribution in [0, 0.1) is 0 Å². The van der Waals surface area contributed by atoms with Gasteiger partial charge in [-0.05, 0) is 31.5 Å². The molecule has 0 spiro atoms. The Balaban J connectivity index is 2.58. The average molecular weight is 315 g/mol. The van der Waals surface area contributed by atoms with Crippen LogP contribution in [0.2, 0.25) is 0 Å². The van der Waals surface area contributed by atoms with Crippen molar-refractivity contribution in [3.63, 3.8) is 0 Å². The molecule has 0 aromatic heterocycles. The number of ether oxygens (including phenoxy) is 2. The topological polar surface area (TPSA) is 81.8 Å². The van der Waals surface area contributed by atoms with Crippen molar-refractivity contribution in [3.8, 4) is 11.5 Å². The van der Waals surface area contributed by atoms with Gasteiger partial charge in [0.05, 0.1) is 13.2 Å². The minimum absolute atomic E-state index is 0.00490. The predicted molar refractivity (Wildman–Crippen MR) is 87.4 cm³/mol. The van der Waals surface area contributed by atoms with Gasteiger partial charge in [-0.15, -0.1) is 0 Å². The lowest BCUT2D eigenvalue weighted by atomic mass is 9.85. The molecular formula is C18H21NO4. The smallest absolute Gasteiger partial charge is 0.258 e. The first kappa shape index (κ1) is 16.8. The molecule has 0 aliphatic rings. The standard InChI is InChI=1S/C18H21NO4/c1-12(2)23-14-9-10-15(16(11-14)22-3)18(21,17(19)20)13-7-5-4-6-8-13/h4-12,21H,1-3H3,(H2,19,20). The quantitative estimate of drug-likeness (QED) is 0.856. The molecule has 5 heteroatoms. The molecule has 1 atom stereocenters. The van der Waals surface area contributed by atoms with Gasteiger partial charge >= 0.3 is 0 Å². The van der Waals surface area contributed by atoms with Gasteiger partial charge in [0.2, 0.25) is 0 Å². The molecule has 0 aliphatic heterocycles. The van der Waals surface area contributed by atoms with E-state index in [1.54, 1.807) is 48.5 Å². The van der Waals surface area contributed by atoms with Crippen molar-refractivity contribution < 1.29 is 19.4 Å². The van der Waals surface area contributed by atoms with E-state index in [1.165, 1.54) is 7.11 Å². The van der Waals surface area contributed by atoms with Crippen LogP contribution in [0.3, 0.4) is 0 Å². The van der Waals surface area contributed by atoms with E-state index >= 15 is 0 Å². The monoisotopic (exact) mass is 315 g/mol. The van der Waals surface area contributed by atoms with E-state index in [4.69, 9.17) is 15.2 Å². The first-order valence-electron chi connectivity index (χ1n) is 7.32. The summed E-state index contributed by atoms with van der Waals surface area (Å²) < 4.78 is 11.0. The lowest BCUT2D eigenvalue weighted by Gasteiger charge is -2.27. The second-order valence-electron chi connectivity index (χ2n) is 5.47. The number of hydrogen-bond donors (Lipinski definition) is 2. The number of rotatable bonds is 6. The van der Waals surface area contributed by atoms with Gasteiger partial charge in [-0.3, -0.25) is 4.79 Å². The van der Waals surface area contributed by atoms with Crippen LogP contribution >= 0.6 is 0 Å². The Hall–Kier alpha value is -2.53. The normalized spacial score (nSPS) is 13.4. The Kier molecular flexibility index (Phi) is 4.91. The molecule has 0 saturated heterocycles. The van der Waals surface area contributed by atoms with Crippen molar-refractivity contribution in [1.82, 2.24) is 0 Å². The van der Waals surface area contributed by atoms with Crippen LogP contribution in [-0.2, 0) is 10.4 Å². The highest BCUT2D eigenvalue weighted by Gasteiger charge is 2.40. The van der Waals surface area contributed by atoms with Crippen molar-refractivity contribution in [2.75, 3.05) is 7.11 Å². The lowest BCUT2D eigenvalue weighted by molar-refractivity contribution is -0.133. The van der Waals surface area contributed by atoms with Gasteiger partial charge in [0.15, 0.2) is 5.60 Å². The fraction of sp³-hybridized carbons (Fsp3) is 0.278. The van der Waals surface area contributed by atoms with Crippen LogP contribution < -0.4 is 15.2 Å². The number of benzene rings is 2. The van der Waals surface area contributed by atoms with Crippen LogP contribution in [0.15, 0.2) is 48.5 Å². The Morgan fingerprint density at radius 1 is 1.17 bits per heavy atom. The van der Waals surface area contributed by atoms with Crippen LogP contribution in [0.1, 0.15) is 25.0 Å². The zero-order chi connectivity index (χ0) is 17.0. The Morgan fingerprint density at radius 3 is 2.35 bits per heavy atom. The number of methoxy groups -OCH3 is 1. The number of amides is 1. The summed E-state index contributed by atoms with van der Waals surface area (Å²) in [6.07, 6.45) is -0.00490. The summed E-state index contributed by atoms with van der Waals surface area (Å²) in [5.74, 6) is 0.0355. The number of carbonyl (C=O) groups is 1. The number of hydrogen-bond acceptors (Lipinski definition) is 4. The van der Waals surface area contributed by atoms with Crippen molar-refractivity contribution in [2.24, 2.45) is 5.73 Å². The molecule has 0 radical (unpaired) electrons. The van der Waals surface area contributed by atoms with E-state index in [0.29, 0.717) is 17.1 Å². The first-order chi connectivity index (χ1) is 10.9. The summed E-state index contributed by atoms with van der Waals surface area (Å²) in [5, 5.41) is 11.0. The number of primary amides is 1. The van der Waals surface area contributed by atoms with Gasteiger partial charge in [0.25, 0.3) is 5.91 Å². The summed E-state index contributed by atoms with van der Waals surface area (Å²) in [6.45, 7) is 3.81. The minimum Gasteiger partial charge on any atom is -0.496 e. The third kappa shape index (κ3) is 3.29. The Morgan fingerprint density at radius 2 is 1.83 bits per heavy atom. The van der Waals surface area contributed by atoms with Crippen LogP contribution in [0.5, 0.6) is 11.5 Å². The van der Waals surface area contributed by atoms with Gasteiger partial charge in [-0.25, -0.2) is 0 Å². The molecule has 2 aromatic rings. The molecule has 2 rings (SSSR count). The molecule has 0 fully saturated rings. The van der Waals surface area contributed by atoms with Gasteiger partial charge < -0.3 is 20.3 Å². The molecule has 5 nitrogen and oxygen atoms in total. The fourth-order valence-electron chi connectivity index (χ4n) is 2.43. The van der Waals surface area contributed by atoms with Crippen molar-refractivity contribution in [1.29, 1.82) is 0 Å². The molecule has 0 bridgehead atoms. The van der Waals surface area contributed by atoms with Crippen LogP contribution in [0.25, 0.3) is 0 Å². The number of carbonyl (C=O) groups excluding carboxylic acids is 1. The van der Waals surface area contributed by atoms with Gasteiger partial charge in [0, 0.05) is 11.6 Å². The maximum absolute atomic E-state index is 12.0. The van der Waals surface area contributed by atoms with Gasteiger partial charge in [-0.1, -0.05) is 30.3 Å². The number of aliphatic hydroxyl groups is 1. The van der Waals surface area contributed by atoms with Crippen LogP contribution in [0.4, 0.5) is 0 Å². The van der Waals surface area contributed by atoms with E-state index in [2.05, 4.69) is 0 Å². The zero-order valence-corrected chi connectivity index (χ0v) is 13.4. The van der Waals surface area contributed by atoms with Crippen molar-refractivity contribution in [3.05, 3.63) is 59.7 Å². The predicted octanol–water partition coefficient (Wildman–Crippen LogP) is 2.20. The average Bonchev–Trinajstić information content (AvgIpc) is 2.54. The second kappa shape index (κ2) is 6.71. The van der Waals surface area contributed by atoms with E-state index in [0.717, 1.165) is 0 Å². The lowest BCUT2D eigenvalue weighted by Crippen LogP contribution is -2.42. The largest absolute Gasteiger partial charge is 0.496 e. The van der Waals surface area contributed by atoms with E-state index in [-0.39, 0.29) is 11.7 Å². The third-order valence-corrected chi connectivity index (χ3v) is 3.48. The summed E-state index contributed by atoms with van der Waals surface area (Å²) >= 11 is 0. The van der Waals surface area contributed by atoms with E-state index in [9.17, 15) is 9.90 Å². The van der Waals surface area contributed by atoms with Gasteiger partial charge in [-0.2, -0.15) is 0 Å². The molecule has 122 valence electrons. The fourth-order valence-corrected chi connectivity index (χ4v) is 2.43. The Labute approximate surface area is 135 Å². The van der Waals surface area contributed by atoms with Gasteiger partial charge in [0.1, 0.15) is 11.5 Å². The molecule has 0 heterocycles. The van der Waals surface area contributed by atoms with Crippen molar-refractivity contribution >= 4 is 5.91 Å². The molecule has 2 aromatic carbocycles. The maximum atomic E-state index is 12.0. The molecule has 3 N–H and O–H groups in total. The third-order valence-electron chi connectivity index (χ3n) is 3.48. The van der Waals surface area contributed by atoms with Crippen molar-refractivity contribution in [2.45, 2.75) is 25.6 Å². The highest BCUT2D eigenvalue weighted by atomic mass is 16.5. The highest BCUT2D eigenvalue weighted by Crippen LogP contribution is 2.37. The van der Waals surface area contributed by atoms with E-state index in [1.807, 2.05) is 13.8 Å². The van der Waals surface area contributed by atoms with Crippen LogP contribution in [-0.4, -0.2) is 24.2 Å². The molecule has 1 amide bonds. The molecule has 0 aliphatic carbocycles. The summed E-state index contributed by atoms with van der Waals surface area (Å²) in [5.41, 5.74) is 4.17. The second-order valence-corrected chi connectivity index (χ2v) is 5.47. The first-order valence-corrected chi connectivity index (χ1v) is 7.32.